The number of hydrogen-bond donors (Lipinski definition) is 3. The van der Waals surface area contributed by atoms with Crippen LogP contribution in [0.5, 0.6) is 0 Å². The number of likely N-dealkylation sites (tertiary alicyclic amines) is 1. The standard InChI is InChI=1S/C15H16N4O2.C2HF3O2/c16-14-12-7-10(1-2-11(12)3-5-17-14)8-19-6-4-13(15(19)21)18-9-20;3-2(4,5)1(6)7/h1-3,5,7,9,13H,4,6,8H2,(H2,16,17)(H,18,20);(H,6,7)/t13-;/m0./s1. The molecule has 0 radical (unpaired) electrons. The van der Waals surface area contributed by atoms with E-state index in [1.807, 2.05) is 24.3 Å². The SMILES string of the molecule is Nc1nccc2ccc(CN3CC[C@H](NC=O)C3=O)cc12.O=C(O)C(F)(F)F. The molecular formula is C17H17F3N4O4. The lowest BCUT2D eigenvalue weighted by Crippen LogP contribution is -2.37. The molecule has 8 nitrogen and oxygen atoms in total. The Morgan fingerprint density at radius 1 is 1.39 bits per heavy atom. The largest absolute Gasteiger partial charge is 0.490 e. The van der Waals surface area contributed by atoms with Gasteiger partial charge in [-0.3, -0.25) is 9.59 Å². The molecule has 2 amide bonds. The van der Waals surface area contributed by atoms with Crippen molar-refractivity contribution in [1.82, 2.24) is 15.2 Å². The number of anilines is 1. The number of rotatable bonds is 4. The predicted molar refractivity (Wildman–Crippen MR) is 92.9 cm³/mol. The summed E-state index contributed by atoms with van der Waals surface area (Å²) in [5.41, 5.74) is 6.88. The van der Waals surface area contributed by atoms with Crippen molar-refractivity contribution in [1.29, 1.82) is 0 Å². The number of nitrogens with one attached hydrogen (secondary N) is 1. The smallest absolute Gasteiger partial charge is 0.475 e. The fourth-order valence-corrected chi connectivity index (χ4v) is 2.69. The number of aliphatic carboxylic acids is 1. The second kappa shape index (κ2) is 8.55. The number of fused-ring (bicyclic) bond motifs is 1. The highest BCUT2D eigenvalue weighted by atomic mass is 19.4. The molecule has 1 aromatic carbocycles. The zero-order valence-electron chi connectivity index (χ0n) is 14.4. The molecule has 1 fully saturated rings. The number of nitrogens with zero attached hydrogens (tertiary/aromatic N) is 2. The average Bonchev–Trinajstić information content (AvgIpc) is 2.96. The van der Waals surface area contributed by atoms with Gasteiger partial charge in [0.15, 0.2) is 0 Å². The maximum Gasteiger partial charge on any atom is 0.490 e. The van der Waals surface area contributed by atoms with Crippen molar-refractivity contribution in [2.24, 2.45) is 0 Å². The zero-order chi connectivity index (χ0) is 20.9. The summed E-state index contributed by atoms with van der Waals surface area (Å²) in [5, 5.41) is 11.6. The minimum absolute atomic E-state index is 0.0404. The zero-order valence-corrected chi connectivity index (χ0v) is 14.4. The molecule has 1 atom stereocenters. The Labute approximate surface area is 157 Å². The average molecular weight is 398 g/mol. The predicted octanol–water partition coefficient (Wildman–Crippen LogP) is 1.30. The van der Waals surface area contributed by atoms with Crippen molar-refractivity contribution in [2.75, 3.05) is 12.3 Å². The number of carboxylic acid groups (broad SMARTS) is 1. The summed E-state index contributed by atoms with van der Waals surface area (Å²) < 4.78 is 31.7. The second-order valence-corrected chi connectivity index (χ2v) is 5.94. The van der Waals surface area contributed by atoms with Crippen LogP contribution in [-0.2, 0) is 20.9 Å². The summed E-state index contributed by atoms with van der Waals surface area (Å²) in [6.45, 7) is 1.16. The van der Waals surface area contributed by atoms with E-state index in [0.717, 1.165) is 16.3 Å². The van der Waals surface area contributed by atoms with Gasteiger partial charge < -0.3 is 21.1 Å². The van der Waals surface area contributed by atoms with Crippen molar-refractivity contribution in [3.8, 4) is 0 Å². The van der Waals surface area contributed by atoms with Gasteiger partial charge in [-0.15, -0.1) is 0 Å². The summed E-state index contributed by atoms with van der Waals surface area (Å²) in [6, 6.07) is 7.43. The minimum Gasteiger partial charge on any atom is -0.475 e. The van der Waals surface area contributed by atoms with Crippen LogP contribution in [0.15, 0.2) is 30.5 Å². The number of amides is 2. The van der Waals surface area contributed by atoms with Gasteiger partial charge in [-0.2, -0.15) is 13.2 Å². The quantitative estimate of drug-likeness (QED) is 0.667. The van der Waals surface area contributed by atoms with Gasteiger partial charge >= 0.3 is 12.1 Å². The monoisotopic (exact) mass is 398 g/mol. The lowest BCUT2D eigenvalue weighted by Gasteiger charge is -2.17. The van der Waals surface area contributed by atoms with E-state index in [9.17, 15) is 22.8 Å². The van der Waals surface area contributed by atoms with Crippen LogP contribution in [0.25, 0.3) is 10.8 Å². The Kier molecular flexibility index (Phi) is 6.39. The summed E-state index contributed by atoms with van der Waals surface area (Å²) >= 11 is 0. The van der Waals surface area contributed by atoms with Gasteiger partial charge in [0.25, 0.3) is 0 Å². The van der Waals surface area contributed by atoms with Crippen molar-refractivity contribution in [3.63, 3.8) is 0 Å². The van der Waals surface area contributed by atoms with E-state index in [-0.39, 0.29) is 5.91 Å². The molecular weight excluding hydrogens is 381 g/mol. The molecule has 1 aliphatic rings. The molecule has 2 heterocycles. The van der Waals surface area contributed by atoms with Gasteiger partial charge in [-0.25, -0.2) is 9.78 Å². The number of halogens is 3. The summed E-state index contributed by atoms with van der Waals surface area (Å²) in [6.07, 6.45) is -2.18. The number of carbonyl (C=O) groups is 3. The van der Waals surface area contributed by atoms with Crippen LogP contribution in [0.3, 0.4) is 0 Å². The van der Waals surface area contributed by atoms with Crippen LogP contribution in [0.2, 0.25) is 0 Å². The van der Waals surface area contributed by atoms with Gasteiger partial charge in [0.05, 0.1) is 0 Å². The molecule has 0 bridgehead atoms. The molecule has 0 unspecified atom stereocenters. The van der Waals surface area contributed by atoms with Crippen LogP contribution >= 0.6 is 0 Å². The molecule has 2 aromatic rings. The number of nitrogens with two attached hydrogens (primary N) is 1. The van der Waals surface area contributed by atoms with Crippen LogP contribution < -0.4 is 11.1 Å². The van der Waals surface area contributed by atoms with Crippen LogP contribution in [-0.4, -0.2) is 52.0 Å². The second-order valence-electron chi connectivity index (χ2n) is 5.94. The number of nitrogen functional groups attached to an aromatic ring is 1. The van der Waals surface area contributed by atoms with Crippen molar-refractivity contribution in [2.45, 2.75) is 25.2 Å². The maximum absolute atomic E-state index is 12.1. The number of hydrogen-bond acceptors (Lipinski definition) is 5. The van der Waals surface area contributed by atoms with E-state index in [2.05, 4.69) is 10.3 Å². The van der Waals surface area contributed by atoms with E-state index >= 15 is 0 Å². The maximum atomic E-state index is 12.1. The summed E-state index contributed by atoms with van der Waals surface area (Å²) in [4.78, 5) is 37.3. The van der Waals surface area contributed by atoms with E-state index in [1.54, 1.807) is 11.1 Å². The van der Waals surface area contributed by atoms with Gasteiger partial charge in [-0.05, 0) is 29.5 Å². The molecule has 4 N–H and O–H groups in total. The fraction of sp³-hybridized carbons (Fsp3) is 0.294. The lowest BCUT2D eigenvalue weighted by molar-refractivity contribution is -0.192. The Bertz CT molecular complexity index is 888. The third-order valence-electron chi connectivity index (χ3n) is 4.04. The molecule has 150 valence electrons. The van der Waals surface area contributed by atoms with Gasteiger partial charge in [0.1, 0.15) is 11.9 Å². The molecule has 0 spiro atoms. The van der Waals surface area contributed by atoms with Gasteiger partial charge in [0.2, 0.25) is 12.3 Å². The number of carboxylic acids is 1. The normalized spacial score (nSPS) is 16.5. The molecule has 1 aliphatic heterocycles. The lowest BCUT2D eigenvalue weighted by atomic mass is 10.1. The number of carbonyl (C=O) groups excluding carboxylic acids is 2. The third kappa shape index (κ3) is 5.09. The van der Waals surface area contributed by atoms with Crippen LogP contribution in [0.4, 0.5) is 19.0 Å². The number of benzene rings is 1. The van der Waals surface area contributed by atoms with Crippen molar-refractivity contribution >= 4 is 34.9 Å². The number of alkyl halides is 3. The van der Waals surface area contributed by atoms with E-state index in [1.165, 1.54) is 0 Å². The molecule has 3 rings (SSSR count). The Morgan fingerprint density at radius 2 is 2.07 bits per heavy atom. The van der Waals surface area contributed by atoms with Crippen molar-refractivity contribution < 1.29 is 32.7 Å². The van der Waals surface area contributed by atoms with Crippen LogP contribution in [0, 0.1) is 0 Å². The molecule has 0 aliphatic carbocycles. The van der Waals surface area contributed by atoms with E-state index in [4.69, 9.17) is 15.6 Å². The van der Waals surface area contributed by atoms with Crippen molar-refractivity contribution in [3.05, 3.63) is 36.0 Å². The third-order valence-corrected chi connectivity index (χ3v) is 4.04. The molecule has 1 aromatic heterocycles. The first-order valence-corrected chi connectivity index (χ1v) is 8.05. The Balaban J connectivity index is 0.000000345. The number of aromatic nitrogens is 1. The minimum atomic E-state index is -5.08. The van der Waals surface area contributed by atoms with Crippen LogP contribution in [0.1, 0.15) is 12.0 Å². The number of pyridine rings is 1. The summed E-state index contributed by atoms with van der Waals surface area (Å²) in [7, 11) is 0. The first kappa shape index (κ1) is 20.9. The summed E-state index contributed by atoms with van der Waals surface area (Å²) in [5.74, 6) is -2.31. The molecule has 28 heavy (non-hydrogen) atoms. The van der Waals surface area contributed by atoms with E-state index in [0.29, 0.717) is 31.7 Å². The molecule has 11 heteroatoms. The highest BCUT2D eigenvalue weighted by Crippen LogP contribution is 2.22. The Morgan fingerprint density at radius 3 is 2.68 bits per heavy atom. The Hall–Kier alpha value is -3.37. The first-order chi connectivity index (χ1) is 13.1. The first-order valence-electron chi connectivity index (χ1n) is 8.05. The highest BCUT2D eigenvalue weighted by molar-refractivity contribution is 5.91. The fourth-order valence-electron chi connectivity index (χ4n) is 2.69. The van der Waals surface area contributed by atoms with Gasteiger partial charge in [0, 0.05) is 24.7 Å². The highest BCUT2D eigenvalue weighted by Gasteiger charge is 2.38. The van der Waals surface area contributed by atoms with Gasteiger partial charge in [-0.1, -0.05) is 12.1 Å². The topological polar surface area (TPSA) is 126 Å². The molecule has 1 saturated heterocycles. The van der Waals surface area contributed by atoms with E-state index < -0.39 is 18.2 Å². The molecule has 0 saturated carbocycles.